The maximum absolute atomic E-state index is 5.47. The molecule has 1 aliphatic heterocycles. The highest BCUT2D eigenvalue weighted by atomic mass is 16.5. The minimum atomic E-state index is 0.549. The Morgan fingerprint density at radius 2 is 1.86 bits per heavy atom. The molecule has 0 aliphatic carbocycles. The minimum Gasteiger partial charge on any atom is -0.494 e. The number of aromatic nitrogens is 3. The summed E-state index contributed by atoms with van der Waals surface area (Å²) in [4.78, 5) is 15.9. The molecule has 1 saturated heterocycles. The van der Waals surface area contributed by atoms with E-state index in [1.54, 1.807) is 6.20 Å². The van der Waals surface area contributed by atoms with E-state index in [1.165, 1.54) is 0 Å². The third-order valence-electron chi connectivity index (χ3n) is 4.56. The number of rotatable bonds is 6. The first-order valence-corrected chi connectivity index (χ1v) is 9.57. The molecule has 7 heteroatoms. The fourth-order valence-electron chi connectivity index (χ4n) is 3.13. The van der Waals surface area contributed by atoms with E-state index in [1.807, 2.05) is 43.5 Å². The molecule has 0 amide bonds. The zero-order valence-electron chi connectivity index (χ0n) is 15.9. The van der Waals surface area contributed by atoms with E-state index in [0.29, 0.717) is 12.6 Å². The number of nitrogens with one attached hydrogen (secondary N) is 2. The van der Waals surface area contributed by atoms with Crippen LogP contribution >= 0.6 is 0 Å². The largest absolute Gasteiger partial charge is 0.494 e. The van der Waals surface area contributed by atoms with E-state index in [-0.39, 0.29) is 0 Å². The van der Waals surface area contributed by atoms with Gasteiger partial charge in [-0.2, -0.15) is 0 Å². The first kappa shape index (κ1) is 18.2. The molecule has 2 aromatic heterocycles. The lowest BCUT2D eigenvalue weighted by Gasteiger charge is -2.28. The van der Waals surface area contributed by atoms with E-state index in [2.05, 4.69) is 42.6 Å². The highest BCUT2D eigenvalue weighted by Gasteiger charge is 2.12. The molecule has 1 aromatic carbocycles. The fraction of sp³-hybridized carbons (Fsp3) is 0.286. The maximum atomic E-state index is 5.47. The molecule has 1 fully saturated rings. The molecule has 7 nitrogen and oxygen atoms in total. The zero-order valence-corrected chi connectivity index (χ0v) is 15.9. The first-order valence-electron chi connectivity index (χ1n) is 9.57. The van der Waals surface area contributed by atoms with Crippen LogP contribution in [0.2, 0.25) is 0 Å². The van der Waals surface area contributed by atoms with Gasteiger partial charge in [0.2, 0.25) is 5.95 Å². The normalized spacial score (nSPS) is 14.0. The van der Waals surface area contributed by atoms with Crippen LogP contribution < -0.4 is 20.3 Å². The molecule has 2 N–H and O–H groups in total. The minimum absolute atomic E-state index is 0.549. The van der Waals surface area contributed by atoms with Gasteiger partial charge in [-0.15, -0.1) is 0 Å². The van der Waals surface area contributed by atoms with Crippen LogP contribution in [0.5, 0.6) is 5.75 Å². The lowest BCUT2D eigenvalue weighted by atomic mass is 10.2. The van der Waals surface area contributed by atoms with Gasteiger partial charge in [-0.25, -0.2) is 15.0 Å². The van der Waals surface area contributed by atoms with Gasteiger partial charge >= 0.3 is 0 Å². The van der Waals surface area contributed by atoms with Gasteiger partial charge in [-0.05, 0) is 49.4 Å². The van der Waals surface area contributed by atoms with E-state index < -0.39 is 0 Å². The van der Waals surface area contributed by atoms with Crippen molar-refractivity contribution in [2.75, 3.05) is 43.0 Å². The zero-order chi connectivity index (χ0) is 19.2. The Bertz CT molecular complexity index is 892. The second-order valence-corrected chi connectivity index (χ2v) is 6.49. The smallest absolute Gasteiger partial charge is 0.227 e. The summed E-state index contributed by atoms with van der Waals surface area (Å²) in [7, 11) is 0. The van der Waals surface area contributed by atoms with Crippen LogP contribution in [0.4, 0.5) is 17.5 Å². The highest BCUT2D eigenvalue weighted by molar-refractivity contribution is 5.62. The molecule has 3 heterocycles. The highest BCUT2D eigenvalue weighted by Crippen LogP contribution is 2.22. The summed E-state index contributed by atoms with van der Waals surface area (Å²) in [5.74, 6) is 2.40. The number of anilines is 3. The average Bonchev–Trinajstić information content (AvgIpc) is 2.76. The van der Waals surface area contributed by atoms with Crippen LogP contribution in [0, 0.1) is 0 Å². The molecule has 3 aromatic rings. The van der Waals surface area contributed by atoms with Crippen molar-refractivity contribution in [1.29, 1.82) is 0 Å². The molecular weight excluding hydrogens is 352 g/mol. The van der Waals surface area contributed by atoms with E-state index in [4.69, 9.17) is 4.74 Å². The third-order valence-corrected chi connectivity index (χ3v) is 4.56. The lowest BCUT2D eigenvalue weighted by Crippen LogP contribution is -2.43. The average molecular weight is 376 g/mol. The molecule has 0 radical (unpaired) electrons. The second kappa shape index (κ2) is 8.67. The molecule has 0 bridgehead atoms. The van der Waals surface area contributed by atoms with Crippen molar-refractivity contribution < 1.29 is 4.74 Å². The summed E-state index contributed by atoms with van der Waals surface area (Å²) >= 11 is 0. The number of ether oxygens (including phenoxy) is 1. The van der Waals surface area contributed by atoms with Crippen molar-refractivity contribution >= 4 is 17.5 Å². The number of benzene rings is 1. The molecule has 0 spiro atoms. The number of pyridine rings is 1. The van der Waals surface area contributed by atoms with Gasteiger partial charge in [-0.3, -0.25) is 0 Å². The summed E-state index contributed by atoms with van der Waals surface area (Å²) in [6.45, 7) is 6.58. The Labute approximate surface area is 164 Å². The van der Waals surface area contributed by atoms with Crippen molar-refractivity contribution in [3.63, 3.8) is 0 Å². The Morgan fingerprint density at radius 3 is 2.57 bits per heavy atom. The van der Waals surface area contributed by atoms with Gasteiger partial charge in [0.1, 0.15) is 11.6 Å². The Kier molecular flexibility index (Phi) is 5.63. The monoisotopic (exact) mass is 376 g/mol. The van der Waals surface area contributed by atoms with E-state index in [0.717, 1.165) is 54.7 Å². The van der Waals surface area contributed by atoms with E-state index in [9.17, 15) is 0 Å². The van der Waals surface area contributed by atoms with Crippen molar-refractivity contribution in [1.82, 2.24) is 20.3 Å². The standard InChI is InChI=1S/C21H24N6O/c1-2-28-18-6-4-17(5-7-18)25-21-23-10-9-19(26-21)16-3-8-20(24-15-16)27-13-11-22-12-14-27/h3-10,15,22H,2,11-14H2,1H3,(H,23,25,26). The van der Waals surface area contributed by atoms with Crippen molar-refractivity contribution in [2.24, 2.45) is 0 Å². The number of hydrogen-bond donors (Lipinski definition) is 2. The molecule has 0 saturated carbocycles. The van der Waals surface area contributed by atoms with Crippen LogP contribution in [0.25, 0.3) is 11.3 Å². The molecule has 4 rings (SSSR count). The second-order valence-electron chi connectivity index (χ2n) is 6.49. The van der Waals surface area contributed by atoms with Crippen LogP contribution in [0.15, 0.2) is 54.9 Å². The predicted octanol–water partition coefficient (Wildman–Crippen LogP) is 3.09. The summed E-state index contributed by atoms with van der Waals surface area (Å²) < 4.78 is 5.47. The Hall–Kier alpha value is -3.19. The number of hydrogen-bond acceptors (Lipinski definition) is 7. The van der Waals surface area contributed by atoms with Crippen molar-refractivity contribution in [3.05, 3.63) is 54.9 Å². The van der Waals surface area contributed by atoms with Gasteiger partial charge in [0.15, 0.2) is 0 Å². The molecule has 0 atom stereocenters. The summed E-state index contributed by atoms with van der Waals surface area (Å²) in [6, 6.07) is 13.8. The third kappa shape index (κ3) is 4.37. The first-order chi connectivity index (χ1) is 13.8. The van der Waals surface area contributed by atoms with Gasteiger partial charge < -0.3 is 20.3 Å². The molecule has 28 heavy (non-hydrogen) atoms. The van der Waals surface area contributed by atoms with Gasteiger partial charge in [-0.1, -0.05) is 0 Å². The molecule has 144 valence electrons. The van der Waals surface area contributed by atoms with Crippen molar-refractivity contribution in [2.45, 2.75) is 6.92 Å². The van der Waals surface area contributed by atoms with Gasteiger partial charge in [0, 0.05) is 49.8 Å². The Balaban J connectivity index is 1.47. The topological polar surface area (TPSA) is 75.2 Å². The van der Waals surface area contributed by atoms with Crippen LogP contribution in [-0.4, -0.2) is 47.7 Å². The number of piperazine rings is 1. The lowest BCUT2D eigenvalue weighted by molar-refractivity contribution is 0.340. The maximum Gasteiger partial charge on any atom is 0.227 e. The summed E-state index contributed by atoms with van der Waals surface area (Å²) in [5, 5.41) is 6.59. The molecule has 0 unspecified atom stereocenters. The summed E-state index contributed by atoms with van der Waals surface area (Å²) in [6.07, 6.45) is 3.63. The predicted molar refractivity (Wildman–Crippen MR) is 111 cm³/mol. The quantitative estimate of drug-likeness (QED) is 0.685. The van der Waals surface area contributed by atoms with Crippen LogP contribution in [0.3, 0.4) is 0 Å². The van der Waals surface area contributed by atoms with E-state index >= 15 is 0 Å². The van der Waals surface area contributed by atoms with Gasteiger partial charge in [0.05, 0.1) is 12.3 Å². The van der Waals surface area contributed by atoms with Crippen molar-refractivity contribution in [3.8, 4) is 17.0 Å². The summed E-state index contributed by atoms with van der Waals surface area (Å²) in [5.41, 5.74) is 2.71. The fourth-order valence-corrected chi connectivity index (χ4v) is 3.13. The van der Waals surface area contributed by atoms with Crippen LogP contribution in [-0.2, 0) is 0 Å². The molecular formula is C21H24N6O. The Morgan fingerprint density at radius 1 is 1.04 bits per heavy atom. The SMILES string of the molecule is CCOc1ccc(Nc2nccc(-c3ccc(N4CCNCC4)nc3)n2)cc1. The molecule has 1 aliphatic rings. The number of nitrogens with zero attached hydrogens (tertiary/aromatic N) is 4. The van der Waals surface area contributed by atoms with Gasteiger partial charge in [0.25, 0.3) is 0 Å². The van der Waals surface area contributed by atoms with Crippen LogP contribution in [0.1, 0.15) is 6.92 Å².